The number of aryl methyl sites for hydroxylation is 2. The lowest BCUT2D eigenvalue weighted by atomic mass is 10.1. The summed E-state index contributed by atoms with van der Waals surface area (Å²) in [6.45, 7) is 4.02. The molecule has 1 aliphatic rings. The lowest BCUT2D eigenvalue weighted by molar-refractivity contribution is 0.987. The van der Waals surface area contributed by atoms with Crippen LogP contribution in [0, 0.1) is 13.8 Å². The Hall–Kier alpha value is -1.70. The molecule has 2 nitrogen and oxygen atoms in total. The Bertz CT molecular complexity index is 544. The predicted octanol–water partition coefficient (Wildman–Crippen LogP) is 2.66. The zero-order chi connectivity index (χ0) is 10.4. The van der Waals surface area contributed by atoms with Crippen molar-refractivity contribution in [2.24, 2.45) is 0 Å². The van der Waals surface area contributed by atoms with Crippen molar-refractivity contribution < 1.29 is 0 Å². The molecule has 2 aromatic rings. The number of hydrogen-bond donors (Lipinski definition) is 0. The van der Waals surface area contributed by atoms with Gasteiger partial charge in [0.15, 0.2) is 0 Å². The summed E-state index contributed by atoms with van der Waals surface area (Å²) in [5.41, 5.74) is 6.20. The third-order valence-corrected chi connectivity index (χ3v) is 2.97. The molecule has 0 fully saturated rings. The molecule has 0 N–H and O–H groups in total. The minimum Gasteiger partial charge on any atom is -0.238 e. The van der Waals surface area contributed by atoms with Gasteiger partial charge in [0, 0.05) is 23.2 Å². The van der Waals surface area contributed by atoms with E-state index >= 15 is 0 Å². The van der Waals surface area contributed by atoms with Gasteiger partial charge < -0.3 is 0 Å². The van der Waals surface area contributed by atoms with Crippen LogP contribution in [0.1, 0.15) is 22.6 Å². The molecule has 0 amide bonds. The summed E-state index contributed by atoms with van der Waals surface area (Å²) in [6.07, 6.45) is 0.984. The van der Waals surface area contributed by atoms with E-state index in [-0.39, 0.29) is 0 Å². The highest BCUT2D eigenvalue weighted by Crippen LogP contribution is 2.35. The van der Waals surface area contributed by atoms with Crippen LogP contribution in [0.25, 0.3) is 11.3 Å². The lowest BCUT2D eigenvalue weighted by Crippen LogP contribution is -1.97. The van der Waals surface area contributed by atoms with Crippen LogP contribution in [-0.4, -0.2) is 9.97 Å². The fourth-order valence-electron chi connectivity index (χ4n) is 2.27. The van der Waals surface area contributed by atoms with Crippen LogP contribution in [0.15, 0.2) is 24.3 Å². The van der Waals surface area contributed by atoms with E-state index in [0.717, 1.165) is 23.6 Å². The summed E-state index contributed by atoms with van der Waals surface area (Å²) >= 11 is 0. The third-order valence-electron chi connectivity index (χ3n) is 2.97. The van der Waals surface area contributed by atoms with Gasteiger partial charge in [0.2, 0.25) is 0 Å². The van der Waals surface area contributed by atoms with Crippen LogP contribution in [0.5, 0.6) is 0 Å². The van der Waals surface area contributed by atoms with E-state index in [0.29, 0.717) is 0 Å². The number of rotatable bonds is 0. The van der Waals surface area contributed by atoms with E-state index in [2.05, 4.69) is 41.2 Å². The zero-order valence-corrected chi connectivity index (χ0v) is 8.91. The zero-order valence-electron chi connectivity index (χ0n) is 8.91. The minimum atomic E-state index is 0.864. The van der Waals surface area contributed by atoms with E-state index in [4.69, 9.17) is 0 Å². The Morgan fingerprint density at radius 3 is 2.73 bits per heavy atom. The molecule has 1 aromatic heterocycles. The molecule has 74 valence electrons. The van der Waals surface area contributed by atoms with Gasteiger partial charge in [-0.3, -0.25) is 0 Å². The Labute approximate surface area is 89.0 Å². The van der Waals surface area contributed by atoms with E-state index in [9.17, 15) is 0 Å². The fourth-order valence-corrected chi connectivity index (χ4v) is 2.27. The van der Waals surface area contributed by atoms with Crippen LogP contribution >= 0.6 is 0 Å². The van der Waals surface area contributed by atoms with Crippen molar-refractivity contribution in [3.63, 3.8) is 0 Å². The highest BCUT2D eigenvalue weighted by atomic mass is 14.9. The van der Waals surface area contributed by atoms with E-state index in [1.807, 2.05) is 6.92 Å². The standard InChI is InChI=1S/C13H12N2/c1-8-12-7-10-5-3-4-6-11(10)13(12)15-9(2)14-8/h3-6H,7H2,1-2H3. The predicted molar refractivity (Wildman–Crippen MR) is 59.7 cm³/mol. The second kappa shape index (κ2) is 2.89. The molecule has 2 heteroatoms. The summed E-state index contributed by atoms with van der Waals surface area (Å²) in [7, 11) is 0. The van der Waals surface area contributed by atoms with E-state index in [1.54, 1.807) is 0 Å². The minimum absolute atomic E-state index is 0.864. The van der Waals surface area contributed by atoms with Gasteiger partial charge in [0.05, 0.1) is 5.69 Å². The molecule has 1 aromatic carbocycles. The van der Waals surface area contributed by atoms with Gasteiger partial charge >= 0.3 is 0 Å². The number of aromatic nitrogens is 2. The maximum Gasteiger partial charge on any atom is 0.126 e. The van der Waals surface area contributed by atoms with Crippen LogP contribution in [0.4, 0.5) is 0 Å². The number of benzene rings is 1. The van der Waals surface area contributed by atoms with Crippen molar-refractivity contribution in [2.75, 3.05) is 0 Å². The molecule has 0 bridgehead atoms. The SMILES string of the molecule is Cc1nc(C)c2c(n1)-c1ccccc1C2. The molecule has 0 saturated carbocycles. The summed E-state index contributed by atoms with van der Waals surface area (Å²) in [6, 6.07) is 8.47. The summed E-state index contributed by atoms with van der Waals surface area (Å²) in [5.74, 6) is 0.864. The molecular weight excluding hydrogens is 184 g/mol. The van der Waals surface area contributed by atoms with Crippen molar-refractivity contribution in [1.29, 1.82) is 0 Å². The van der Waals surface area contributed by atoms with Crippen LogP contribution in [0.2, 0.25) is 0 Å². The van der Waals surface area contributed by atoms with Crippen molar-refractivity contribution in [3.05, 3.63) is 46.9 Å². The van der Waals surface area contributed by atoms with Gasteiger partial charge in [0.25, 0.3) is 0 Å². The van der Waals surface area contributed by atoms with Crippen molar-refractivity contribution >= 4 is 0 Å². The van der Waals surface area contributed by atoms with Gasteiger partial charge in [-0.15, -0.1) is 0 Å². The van der Waals surface area contributed by atoms with Crippen LogP contribution in [-0.2, 0) is 6.42 Å². The van der Waals surface area contributed by atoms with Gasteiger partial charge in [0.1, 0.15) is 5.82 Å². The van der Waals surface area contributed by atoms with Gasteiger partial charge in [-0.2, -0.15) is 0 Å². The first kappa shape index (κ1) is 8.60. The van der Waals surface area contributed by atoms with E-state index in [1.165, 1.54) is 16.7 Å². The average molecular weight is 196 g/mol. The topological polar surface area (TPSA) is 25.8 Å². The quantitative estimate of drug-likeness (QED) is 0.552. The first-order valence-electron chi connectivity index (χ1n) is 5.18. The summed E-state index contributed by atoms with van der Waals surface area (Å²) < 4.78 is 0. The van der Waals surface area contributed by atoms with Crippen molar-refractivity contribution in [2.45, 2.75) is 20.3 Å². The van der Waals surface area contributed by atoms with Crippen LogP contribution < -0.4 is 0 Å². The second-order valence-corrected chi connectivity index (χ2v) is 4.02. The van der Waals surface area contributed by atoms with Crippen molar-refractivity contribution in [1.82, 2.24) is 9.97 Å². The summed E-state index contributed by atoms with van der Waals surface area (Å²) in [4.78, 5) is 8.96. The Morgan fingerprint density at radius 2 is 1.87 bits per heavy atom. The maximum atomic E-state index is 4.54. The van der Waals surface area contributed by atoms with Crippen LogP contribution in [0.3, 0.4) is 0 Å². The average Bonchev–Trinajstić information content (AvgIpc) is 2.57. The molecule has 0 atom stereocenters. The summed E-state index contributed by atoms with van der Waals surface area (Å²) in [5, 5.41) is 0. The number of hydrogen-bond acceptors (Lipinski definition) is 2. The van der Waals surface area contributed by atoms with Crippen molar-refractivity contribution in [3.8, 4) is 11.3 Å². The monoisotopic (exact) mass is 196 g/mol. The molecule has 1 aliphatic carbocycles. The van der Waals surface area contributed by atoms with Gasteiger partial charge in [-0.1, -0.05) is 24.3 Å². The fraction of sp³-hybridized carbons (Fsp3) is 0.231. The highest BCUT2D eigenvalue weighted by Gasteiger charge is 2.21. The first-order valence-corrected chi connectivity index (χ1v) is 5.18. The van der Waals surface area contributed by atoms with Gasteiger partial charge in [-0.25, -0.2) is 9.97 Å². The Morgan fingerprint density at radius 1 is 1.07 bits per heavy atom. The largest absolute Gasteiger partial charge is 0.238 e. The molecule has 3 rings (SSSR count). The number of nitrogens with zero attached hydrogens (tertiary/aromatic N) is 2. The molecule has 0 aliphatic heterocycles. The number of fused-ring (bicyclic) bond motifs is 3. The molecule has 1 heterocycles. The lowest BCUT2D eigenvalue weighted by Gasteiger charge is -2.03. The molecule has 0 unspecified atom stereocenters. The maximum absolute atomic E-state index is 4.54. The Kier molecular flexibility index (Phi) is 1.66. The molecule has 15 heavy (non-hydrogen) atoms. The molecule has 0 spiro atoms. The molecule has 0 saturated heterocycles. The first-order chi connectivity index (χ1) is 7.25. The molecule has 0 radical (unpaired) electrons. The second-order valence-electron chi connectivity index (χ2n) is 4.02. The normalized spacial score (nSPS) is 12.4. The molecular formula is C13H12N2. The van der Waals surface area contributed by atoms with Gasteiger partial charge in [-0.05, 0) is 19.4 Å². The van der Waals surface area contributed by atoms with E-state index < -0.39 is 0 Å². The Balaban J connectivity index is 2.33. The smallest absolute Gasteiger partial charge is 0.126 e. The third kappa shape index (κ3) is 1.18. The highest BCUT2D eigenvalue weighted by molar-refractivity contribution is 5.73.